The molecule has 1 aliphatic carbocycles. The minimum absolute atomic E-state index is 0.0439. The second-order valence-corrected chi connectivity index (χ2v) is 8.45. The first-order chi connectivity index (χ1) is 15.8. The summed E-state index contributed by atoms with van der Waals surface area (Å²) in [5.74, 6) is 0.0814. The van der Waals surface area contributed by atoms with Gasteiger partial charge in [-0.05, 0) is 43.2 Å². The highest BCUT2D eigenvalue weighted by Gasteiger charge is 2.30. The van der Waals surface area contributed by atoms with Gasteiger partial charge in [-0.15, -0.1) is 11.8 Å². The van der Waals surface area contributed by atoms with Crippen molar-refractivity contribution >= 4 is 29.3 Å². The largest absolute Gasteiger partial charge is 0.416 e. The van der Waals surface area contributed by atoms with Gasteiger partial charge in [0, 0.05) is 22.9 Å². The van der Waals surface area contributed by atoms with E-state index in [0.29, 0.717) is 11.3 Å². The molecular weight excluding hydrogens is 457 g/mol. The number of benzene rings is 2. The van der Waals surface area contributed by atoms with E-state index < -0.39 is 11.7 Å². The fourth-order valence-electron chi connectivity index (χ4n) is 2.93. The van der Waals surface area contributed by atoms with E-state index in [1.807, 2.05) is 0 Å². The molecule has 0 radical (unpaired) electrons. The Kier molecular flexibility index (Phi) is 6.68. The molecule has 0 bridgehead atoms. The Morgan fingerprint density at radius 2 is 1.91 bits per heavy atom. The van der Waals surface area contributed by atoms with Crippen LogP contribution in [0.25, 0.3) is 11.4 Å². The lowest BCUT2D eigenvalue weighted by Crippen LogP contribution is -2.25. The lowest BCUT2D eigenvalue weighted by molar-refractivity contribution is -0.137. The molecule has 1 fully saturated rings. The molecule has 2 N–H and O–H groups in total. The third kappa shape index (κ3) is 6.35. The molecule has 0 saturated heterocycles. The molecule has 0 spiro atoms. The quantitative estimate of drug-likeness (QED) is 0.496. The molecule has 172 valence electrons. The van der Waals surface area contributed by atoms with Gasteiger partial charge in [0.1, 0.15) is 0 Å². The number of amides is 2. The number of anilines is 1. The zero-order valence-electron chi connectivity index (χ0n) is 17.2. The van der Waals surface area contributed by atoms with Gasteiger partial charge in [-0.3, -0.25) is 9.59 Å². The molecule has 1 aromatic heterocycles. The number of alkyl halides is 3. The van der Waals surface area contributed by atoms with Gasteiger partial charge >= 0.3 is 6.18 Å². The second kappa shape index (κ2) is 9.65. The van der Waals surface area contributed by atoms with Crippen molar-refractivity contribution in [1.82, 2.24) is 15.5 Å². The van der Waals surface area contributed by atoms with Crippen molar-refractivity contribution in [2.24, 2.45) is 0 Å². The van der Waals surface area contributed by atoms with E-state index in [2.05, 4.69) is 20.8 Å². The normalized spacial score (nSPS) is 13.5. The number of rotatable bonds is 8. The second-order valence-electron chi connectivity index (χ2n) is 7.46. The Labute approximate surface area is 191 Å². The average molecular weight is 476 g/mol. The Balaban J connectivity index is 1.28. The molecule has 2 aromatic carbocycles. The molecule has 1 heterocycles. The molecule has 2 amide bonds. The smallest absolute Gasteiger partial charge is 0.349 e. The molecule has 7 nitrogen and oxygen atoms in total. The summed E-state index contributed by atoms with van der Waals surface area (Å²) in [6.45, 7) is 0. The molecule has 3 aromatic rings. The standard InChI is InChI=1S/C22H19F3N4O3S/c23-22(24,25)15-5-1-3-13(9-15)20-28-19(32-29-20)12-33-11-18(30)26-17-6-2-4-14(10-17)21(31)27-16-7-8-16/h1-6,9-10,16H,7-8,11-12H2,(H,26,30)(H,27,31). The average Bonchev–Trinajstić information content (AvgIpc) is 3.47. The van der Waals surface area contributed by atoms with Crippen molar-refractivity contribution < 1.29 is 27.3 Å². The Hall–Kier alpha value is -3.34. The predicted octanol–water partition coefficient (Wildman–Crippen LogP) is 4.52. The van der Waals surface area contributed by atoms with Crippen LogP contribution in [0.1, 0.15) is 34.7 Å². The maximum Gasteiger partial charge on any atom is 0.416 e. The molecule has 0 atom stereocenters. The maximum absolute atomic E-state index is 12.9. The Morgan fingerprint density at radius 1 is 1.12 bits per heavy atom. The van der Waals surface area contributed by atoms with Crippen LogP contribution in [0.2, 0.25) is 0 Å². The summed E-state index contributed by atoms with van der Waals surface area (Å²) in [5.41, 5.74) is 0.369. The molecule has 11 heteroatoms. The van der Waals surface area contributed by atoms with Crippen LogP contribution in [0, 0.1) is 0 Å². The van der Waals surface area contributed by atoms with E-state index in [1.54, 1.807) is 24.3 Å². The SMILES string of the molecule is O=C(CSCc1nc(-c2cccc(C(F)(F)F)c2)no1)Nc1cccc(C(=O)NC2CC2)c1. The summed E-state index contributed by atoms with van der Waals surface area (Å²) in [6.07, 6.45) is -2.49. The van der Waals surface area contributed by atoms with E-state index in [1.165, 1.54) is 23.9 Å². The van der Waals surface area contributed by atoms with Gasteiger partial charge in [0.2, 0.25) is 17.6 Å². The van der Waals surface area contributed by atoms with Crippen LogP contribution in [0.15, 0.2) is 53.1 Å². The number of hydrogen-bond donors (Lipinski definition) is 2. The molecular formula is C22H19F3N4O3S. The van der Waals surface area contributed by atoms with Crippen LogP contribution < -0.4 is 10.6 Å². The van der Waals surface area contributed by atoms with Crippen molar-refractivity contribution in [3.05, 3.63) is 65.5 Å². The summed E-state index contributed by atoms with van der Waals surface area (Å²) in [5, 5.41) is 9.34. The lowest BCUT2D eigenvalue weighted by atomic mass is 10.1. The van der Waals surface area contributed by atoms with Crippen molar-refractivity contribution in [2.45, 2.75) is 30.8 Å². The Morgan fingerprint density at radius 3 is 2.67 bits per heavy atom. The molecule has 1 saturated carbocycles. The first kappa shape index (κ1) is 22.8. The van der Waals surface area contributed by atoms with E-state index in [4.69, 9.17) is 4.52 Å². The summed E-state index contributed by atoms with van der Waals surface area (Å²) in [7, 11) is 0. The lowest BCUT2D eigenvalue weighted by Gasteiger charge is -2.07. The van der Waals surface area contributed by atoms with Gasteiger partial charge in [0.05, 0.1) is 17.1 Å². The van der Waals surface area contributed by atoms with Crippen LogP contribution in [0.5, 0.6) is 0 Å². The predicted molar refractivity (Wildman–Crippen MR) is 116 cm³/mol. The van der Waals surface area contributed by atoms with Gasteiger partial charge < -0.3 is 15.2 Å². The Bertz CT molecular complexity index is 1160. The molecule has 33 heavy (non-hydrogen) atoms. The van der Waals surface area contributed by atoms with E-state index in [0.717, 1.165) is 25.0 Å². The number of carbonyl (C=O) groups is 2. The highest BCUT2D eigenvalue weighted by Crippen LogP contribution is 2.31. The van der Waals surface area contributed by atoms with Crippen molar-refractivity contribution in [3.63, 3.8) is 0 Å². The summed E-state index contributed by atoms with van der Waals surface area (Å²) < 4.78 is 43.7. The number of nitrogens with zero attached hydrogens (tertiary/aromatic N) is 2. The zero-order chi connectivity index (χ0) is 23.4. The van der Waals surface area contributed by atoms with E-state index >= 15 is 0 Å². The zero-order valence-corrected chi connectivity index (χ0v) is 18.0. The van der Waals surface area contributed by atoms with Crippen LogP contribution in [-0.2, 0) is 16.7 Å². The summed E-state index contributed by atoms with van der Waals surface area (Å²) >= 11 is 1.21. The monoisotopic (exact) mass is 476 g/mol. The van der Waals surface area contributed by atoms with Crippen molar-refractivity contribution in [1.29, 1.82) is 0 Å². The number of carbonyl (C=O) groups excluding carboxylic acids is 2. The van der Waals surface area contributed by atoms with Crippen LogP contribution in [0.4, 0.5) is 18.9 Å². The van der Waals surface area contributed by atoms with Crippen LogP contribution in [-0.4, -0.2) is 33.7 Å². The van der Waals surface area contributed by atoms with Gasteiger partial charge in [-0.25, -0.2) is 0 Å². The fourth-order valence-corrected chi connectivity index (χ4v) is 3.58. The van der Waals surface area contributed by atoms with Gasteiger partial charge in [0.25, 0.3) is 5.91 Å². The van der Waals surface area contributed by atoms with Crippen molar-refractivity contribution in [2.75, 3.05) is 11.1 Å². The number of hydrogen-bond acceptors (Lipinski definition) is 6. The minimum atomic E-state index is -4.47. The van der Waals surface area contributed by atoms with Crippen LogP contribution in [0.3, 0.4) is 0 Å². The number of nitrogens with one attached hydrogen (secondary N) is 2. The molecule has 0 unspecified atom stereocenters. The first-order valence-corrected chi connectivity index (χ1v) is 11.2. The molecule has 4 rings (SSSR count). The highest BCUT2D eigenvalue weighted by atomic mass is 32.2. The van der Waals surface area contributed by atoms with Crippen LogP contribution >= 0.6 is 11.8 Å². The van der Waals surface area contributed by atoms with E-state index in [-0.39, 0.29) is 46.6 Å². The minimum Gasteiger partial charge on any atom is -0.349 e. The number of halogens is 3. The maximum atomic E-state index is 12.9. The number of thioether (sulfide) groups is 1. The van der Waals surface area contributed by atoms with Gasteiger partial charge in [-0.2, -0.15) is 18.2 Å². The molecule has 1 aliphatic rings. The highest BCUT2D eigenvalue weighted by molar-refractivity contribution is 7.99. The topological polar surface area (TPSA) is 97.1 Å². The summed E-state index contributed by atoms with van der Waals surface area (Å²) in [6, 6.07) is 11.6. The first-order valence-electron chi connectivity index (χ1n) is 10.1. The third-order valence-electron chi connectivity index (χ3n) is 4.70. The summed E-state index contributed by atoms with van der Waals surface area (Å²) in [4.78, 5) is 28.5. The molecule has 0 aliphatic heterocycles. The van der Waals surface area contributed by atoms with Gasteiger partial charge in [0.15, 0.2) is 0 Å². The van der Waals surface area contributed by atoms with E-state index in [9.17, 15) is 22.8 Å². The van der Waals surface area contributed by atoms with Gasteiger partial charge in [-0.1, -0.05) is 23.4 Å². The number of aromatic nitrogens is 2. The third-order valence-corrected chi connectivity index (χ3v) is 5.61. The van der Waals surface area contributed by atoms with Crippen molar-refractivity contribution in [3.8, 4) is 11.4 Å². The fraction of sp³-hybridized carbons (Fsp3) is 0.273.